The summed E-state index contributed by atoms with van der Waals surface area (Å²) in [6.45, 7) is 16.0. The topological polar surface area (TPSA) is 68.2 Å². The van der Waals surface area contributed by atoms with E-state index in [2.05, 4.69) is 39.2 Å². The van der Waals surface area contributed by atoms with Gasteiger partial charge < -0.3 is 9.16 Å². The summed E-state index contributed by atoms with van der Waals surface area (Å²) in [5.41, 5.74) is -0.648. The van der Waals surface area contributed by atoms with Gasteiger partial charge in [0.05, 0.1) is 17.4 Å². The molecular weight excluding hydrogens is 288 g/mol. The van der Waals surface area contributed by atoms with Crippen molar-refractivity contribution < 1.29 is 14.0 Å². The van der Waals surface area contributed by atoms with Crippen LogP contribution in [0.25, 0.3) is 0 Å². The molecule has 1 unspecified atom stereocenters. The number of ether oxygens (including phenoxy) is 1. The van der Waals surface area contributed by atoms with Crippen LogP contribution in [0.1, 0.15) is 48.0 Å². The first kappa shape index (κ1) is 18.1. The third-order valence-corrected chi connectivity index (χ3v) is 8.44. The van der Waals surface area contributed by atoms with Gasteiger partial charge in [-0.1, -0.05) is 20.8 Å². The summed E-state index contributed by atoms with van der Waals surface area (Å²) in [6, 6.07) is -0.300. The first-order chi connectivity index (χ1) is 9.28. The van der Waals surface area contributed by atoms with E-state index in [1.54, 1.807) is 20.8 Å². The van der Waals surface area contributed by atoms with E-state index >= 15 is 0 Å². The summed E-state index contributed by atoms with van der Waals surface area (Å²) >= 11 is 0. The molecule has 0 radical (unpaired) electrons. The van der Waals surface area contributed by atoms with Crippen LogP contribution in [0.4, 0.5) is 4.79 Å². The van der Waals surface area contributed by atoms with Crippen molar-refractivity contribution in [1.82, 2.24) is 5.01 Å². The van der Waals surface area contributed by atoms with Crippen LogP contribution < -0.4 is 0 Å². The maximum atomic E-state index is 11.9. The smallest absolute Gasteiger partial charge is 0.433 e. The van der Waals surface area contributed by atoms with Crippen LogP contribution in [-0.2, 0) is 9.16 Å². The Bertz CT molecular complexity index is 412. The maximum absolute atomic E-state index is 11.9. The van der Waals surface area contributed by atoms with E-state index in [0.717, 1.165) is 5.01 Å². The molecule has 0 N–H and O–H groups in total. The molecule has 1 rings (SSSR count). The molecule has 122 valence electrons. The Morgan fingerprint density at radius 2 is 1.71 bits per heavy atom. The van der Waals surface area contributed by atoms with Gasteiger partial charge >= 0.3 is 6.09 Å². The second-order valence-electron chi connectivity index (χ2n) is 8.13. The molecule has 1 aliphatic rings. The highest BCUT2D eigenvalue weighted by atomic mass is 28.4. The van der Waals surface area contributed by atoms with Crippen molar-refractivity contribution >= 4 is 14.4 Å². The predicted octanol–water partition coefficient (Wildman–Crippen LogP) is 4.07. The third-order valence-electron chi connectivity index (χ3n) is 3.93. The predicted molar refractivity (Wildman–Crippen MR) is 84.3 cm³/mol. The van der Waals surface area contributed by atoms with E-state index in [9.17, 15) is 9.70 Å². The van der Waals surface area contributed by atoms with Crippen LogP contribution in [0.3, 0.4) is 0 Å². The SMILES string of the molecule is CC(C)(C)OC(=O)N(N=O)[C@@H]1CC1O[Si](C)(C)C(C)(C)C. The number of carbonyl (C=O) groups excluding carboxylic acids is 1. The Kier molecular flexibility index (Phi) is 4.89. The average Bonchev–Trinajstić information content (AvgIpc) is 2.92. The number of amides is 1. The van der Waals surface area contributed by atoms with Crippen molar-refractivity contribution in [3.05, 3.63) is 4.91 Å². The Balaban J connectivity index is 2.64. The summed E-state index contributed by atoms with van der Waals surface area (Å²) < 4.78 is 11.4. The quantitative estimate of drug-likeness (QED) is 0.445. The fraction of sp³-hybridized carbons (Fsp3) is 0.929. The minimum absolute atomic E-state index is 0.0888. The number of hydrogen-bond donors (Lipinski definition) is 0. The molecule has 1 fully saturated rings. The lowest BCUT2D eigenvalue weighted by molar-refractivity contribution is 0.0207. The van der Waals surface area contributed by atoms with Crippen molar-refractivity contribution in [2.45, 2.75) is 83.8 Å². The molecule has 21 heavy (non-hydrogen) atoms. The number of nitroso groups, excluding NO2 is 1. The molecule has 0 aliphatic heterocycles. The summed E-state index contributed by atoms with van der Waals surface area (Å²) in [5, 5.41) is 3.79. The van der Waals surface area contributed by atoms with Crippen molar-refractivity contribution in [2.75, 3.05) is 0 Å². The molecule has 0 aromatic heterocycles. The maximum Gasteiger partial charge on any atom is 0.433 e. The highest BCUT2D eigenvalue weighted by molar-refractivity contribution is 6.74. The lowest BCUT2D eigenvalue weighted by Crippen LogP contribution is -2.43. The van der Waals surface area contributed by atoms with Crippen molar-refractivity contribution in [3.8, 4) is 0 Å². The zero-order valence-corrected chi connectivity index (χ0v) is 15.4. The van der Waals surface area contributed by atoms with E-state index in [4.69, 9.17) is 9.16 Å². The molecule has 0 aromatic carbocycles. The Morgan fingerprint density at radius 3 is 2.10 bits per heavy atom. The highest BCUT2D eigenvalue weighted by Crippen LogP contribution is 2.42. The van der Waals surface area contributed by atoms with Gasteiger partial charge in [-0.2, -0.15) is 5.01 Å². The zero-order chi connectivity index (χ0) is 16.6. The van der Waals surface area contributed by atoms with Gasteiger partial charge in [0.15, 0.2) is 8.32 Å². The standard InChI is InChI=1S/C14H28N2O4Si/c1-13(2,3)19-12(17)16(15-18)10-9-11(10)20-21(7,8)14(4,5)6/h10-11H,9H2,1-8H3/t10-,11?/m1/s1. The average molecular weight is 316 g/mol. The van der Waals surface area contributed by atoms with E-state index in [0.29, 0.717) is 6.42 Å². The molecule has 0 heterocycles. The molecule has 7 heteroatoms. The fourth-order valence-corrected chi connectivity index (χ4v) is 3.00. The van der Waals surface area contributed by atoms with Crippen LogP contribution in [0.5, 0.6) is 0 Å². The minimum Gasteiger partial charge on any atom is -0.442 e. The van der Waals surface area contributed by atoms with E-state index in [1.807, 2.05) is 0 Å². The molecular formula is C14H28N2O4Si. The van der Waals surface area contributed by atoms with Crippen LogP contribution in [0, 0.1) is 4.91 Å². The third kappa shape index (κ3) is 4.77. The van der Waals surface area contributed by atoms with Gasteiger partial charge in [-0.25, -0.2) is 4.79 Å². The summed E-state index contributed by atoms with van der Waals surface area (Å²) in [6.07, 6.45) is -0.183. The summed E-state index contributed by atoms with van der Waals surface area (Å²) in [5.74, 6) is 0. The molecule has 0 bridgehead atoms. The molecule has 0 aromatic rings. The number of nitrogens with zero attached hydrogens (tertiary/aromatic N) is 2. The van der Waals surface area contributed by atoms with Gasteiger partial charge in [0, 0.05) is 0 Å². The number of rotatable bonds is 4. The molecule has 0 spiro atoms. The molecule has 1 amide bonds. The lowest BCUT2D eigenvalue weighted by atomic mass is 10.2. The molecule has 1 saturated carbocycles. The van der Waals surface area contributed by atoms with Gasteiger partial charge in [0.1, 0.15) is 5.60 Å². The Morgan fingerprint density at radius 1 is 1.19 bits per heavy atom. The highest BCUT2D eigenvalue weighted by Gasteiger charge is 2.52. The van der Waals surface area contributed by atoms with Crippen molar-refractivity contribution in [3.63, 3.8) is 0 Å². The Hall–Kier alpha value is -0.953. The molecule has 0 saturated heterocycles. The van der Waals surface area contributed by atoms with Gasteiger partial charge in [0.25, 0.3) is 0 Å². The second-order valence-corrected chi connectivity index (χ2v) is 12.9. The minimum atomic E-state index is -1.91. The normalized spacial score (nSPS) is 22.7. The van der Waals surface area contributed by atoms with Gasteiger partial charge in [0.2, 0.25) is 0 Å². The van der Waals surface area contributed by atoms with Gasteiger partial charge in [-0.3, -0.25) is 0 Å². The van der Waals surface area contributed by atoms with Crippen LogP contribution in [0.2, 0.25) is 18.1 Å². The first-order valence-corrected chi connectivity index (χ1v) is 10.2. The van der Waals surface area contributed by atoms with E-state index in [1.165, 1.54) is 0 Å². The largest absolute Gasteiger partial charge is 0.442 e. The van der Waals surface area contributed by atoms with Crippen LogP contribution in [0.15, 0.2) is 5.29 Å². The molecule has 1 aliphatic carbocycles. The van der Waals surface area contributed by atoms with Crippen LogP contribution >= 0.6 is 0 Å². The van der Waals surface area contributed by atoms with Gasteiger partial charge in [-0.15, -0.1) is 4.91 Å². The zero-order valence-electron chi connectivity index (χ0n) is 14.4. The monoisotopic (exact) mass is 316 g/mol. The second kappa shape index (κ2) is 5.68. The lowest BCUT2D eigenvalue weighted by Gasteiger charge is -2.36. The van der Waals surface area contributed by atoms with Crippen molar-refractivity contribution in [2.24, 2.45) is 5.29 Å². The molecule has 2 atom stereocenters. The molecule has 6 nitrogen and oxygen atoms in total. The van der Waals surface area contributed by atoms with E-state index < -0.39 is 20.0 Å². The van der Waals surface area contributed by atoms with Crippen LogP contribution in [-0.4, -0.2) is 37.2 Å². The number of hydrogen-bond acceptors (Lipinski definition) is 5. The van der Waals surface area contributed by atoms with E-state index in [-0.39, 0.29) is 17.2 Å². The van der Waals surface area contributed by atoms with Gasteiger partial charge in [-0.05, 0) is 45.3 Å². The summed E-state index contributed by atoms with van der Waals surface area (Å²) in [4.78, 5) is 22.9. The number of carbonyl (C=O) groups is 1. The van der Waals surface area contributed by atoms with Crippen molar-refractivity contribution in [1.29, 1.82) is 0 Å². The first-order valence-electron chi connectivity index (χ1n) is 7.32. The fourth-order valence-electron chi connectivity index (χ4n) is 1.64. The summed E-state index contributed by atoms with van der Waals surface area (Å²) in [7, 11) is -1.91. The Labute approximate surface area is 128 Å².